The van der Waals surface area contributed by atoms with Crippen LogP contribution in [0.1, 0.15) is 0 Å². The molecule has 3 aromatic rings. The van der Waals surface area contributed by atoms with Crippen LogP contribution in [0.2, 0.25) is 0 Å². The number of hydrogen-bond donors (Lipinski definition) is 1. The Bertz CT molecular complexity index is 1000. The number of para-hydroxylation sites is 1. The van der Waals surface area contributed by atoms with Crippen molar-refractivity contribution in [1.82, 2.24) is 24.7 Å². The summed E-state index contributed by atoms with van der Waals surface area (Å²) in [5.74, 6) is 1.07. The standard InChI is InChI=1S/C18H19N7O3/c1-19-16-20-17(24-9-11-27-12-10-24)22-18(21-16)28-14-7-8-15(26)25(23-14)13-5-3-2-4-6-13/h2-8H,9-12H2,1H3,(H,19,20,21,22). The predicted octanol–water partition coefficient (Wildman–Crippen LogP) is 1.09. The molecule has 0 spiro atoms. The highest BCUT2D eigenvalue weighted by Crippen LogP contribution is 2.20. The molecule has 0 atom stereocenters. The summed E-state index contributed by atoms with van der Waals surface area (Å²) in [6.45, 7) is 2.59. The molecule has 10 heteroatoms. The lowest BCUT2D eigenvalue weighted by molar-refractivity contribution is 0.122. The molecule has 2 aromatic heterocycles. The van der Waals surface area contributed by atoms with Crippen molar-refractivity contribution in [3.8, 4) is 17.6 Å². The van der Waals surface area contributed by atoms with E-state index in [4.69, 9.17) is 9.47 Å². The number of hydrogen-bond acceptors (Lipinski definition) is 9. The third kappa shape index (κ3) is 3.91. The maximum absolute atomic E-state index is 12.2. The molecule has 10 nitrogen and oxygen atoms in total. The van der Waals surface area contributed by atoms with E-state index in [1.807, 2.05) is 23.1 Å². The average molecular weight is 381 g/mol. The molecule has 0 saturated carbocycles. The van der Waals surface area contributed by atoms with Crippen molar-refractivity contribution in [2.45, 2.75) is 0 Å². The molecule has 4 rings (SSSR count). The largest absolute Gasteiger partial charge is 0.403 e. The number of aromatic nitrogens is 5. The first kappa shape index (κ1) is 17.9. The first-order valence-electron chi connectivity index (χ1n) is 8.83. The van der Waals surface area contributed by atoms with Gasteiger partial charge >= 0.3 is 6.01 Å². The molecule has 1 saturated heterocycles. The van der Waals surface area contributed by atoms with Gasteiger partial charge in [0.2, 0.25) is 17.8 Å². The van der Waals surface area contributed by atoms with Crippen molar-refractivity contribution in [2.24, 2.45) is 0 Å². The molecule has 0 bridgehead atoms. The second kappa shape index (κ2) is 8.01. The van der Waals surface area contributed by atoms with Crippen LogP contribution in [0, 0.1) is 0 Å². The number of ether oxygens (including phenoxy) is 2. The Morgan fingerprint density at radius 2 is 1.82 bits per heavy atom. The lowest BCUT2D eigenvalue weighted by Crippen LogP contribution is -2.37. The monoisotopic (exact) mass is 381 g/mol. The predicted molar refractivity (Wildman–Crippen MR) is 102 cm³/mol. The number of rotatable bonds is 5. The zero-order valence-electron chi connectivity index (χ0n) is 15.3. The van der Waals surface area contributed by atoms with Crippen LogP contribution in [0.4, 0.5) is 11.9 Å². The van der Waals surface area contributed by atoms with Crippen molar-refractivity contribution < 1.29 is 9.47 Å². The molecule has 0 amide bonds. The van der Waals surface area contributed by atoms with Gasteiger partial charge in [-0.25, -0.2) is 0 Å². The summed E-state index contributed by atoms with van der Waals surface area (Å²) in [6, 6.07) is 12.1. The minimum Gasteiger partial charge on any atom is -0.403 e. The Morgan fingerprint density at radius 3 is 2.57 bits per heavy atom. The summed E-state index contributed by atoms with van der Waals surface area (Å²) in [5, 5.41) is 7.17. The van der Waals surface area contributed by atoms with Crippen LogP contribution >= 0.6 is 0 Å². The Hall–Kier alpha value is -3.53. The van der Waals surface area contributed by atoms with Gasteiger partial charge in [-0.1, -0.05) is 18.2 Å². The maximum atomic E-state index is 12.2. The molecule has 1 fully saturated rings. The topological polar surface area (TPSA) is 107 Å². The van der Waals surface area contributed by atoms with Crippen LogP contribution in [0.15, 0.2) is 47.3 Å². The fourth-order valence-corrected chi connectivity index (χ4v) is 2.70. The zero-order chi connectivity index (χ0) is 19.3. The number of benzene rings is 1. The van der Waals surface area contributed by atoms with Crippen LogP contribution < -0.4 is 20.5 Å². The van der Waals surface area contributed by atoms with Crippen molar-refractivity contribution in [3.63, 3.8) is 0 Å². The number of nitrogens with one attached hydrogen (secondary N) is 1. The van der Waals surface area contributed by atoms with E-state index < -0.39 is 0 Å². The molecule has 1 aromatic carbocycles. The summed E-state index contributed by atoms with van der Waals surface area (Å²) in [7, 11) is 1.72. The van der Waals surface area contributed by atoms with Crippen LogP contribution in [-0.2, 0) is 4.74 Å². The van der Waals surface area contributed by atoms with E-state index in [2.05, 4.69) is 25.4 Å². The number of anilines is 2. The van der Waals surface area contributed by atoms with Gasteiger partial charge in [0.15, 0.2) is 0 Å². The maximum Gasteiger partial charge on any atom is 0.330 e. The van der Waals surface area contributed by atoms with Gasteiger partial charge in [0, 0.05) is 32.3 Å². The van der Waals surface area contributed by atoms with Gasteiger partial charge in [-0.05, 0) is 12.1 Å². The summed E-state index contributed by atoms with van der Waals surface area (Å²) in [6.07, 6.45) is 0. The Morgan fingerprint density at radius 1 is 1.04 bits per heavy atom. The third-order valence-electron chi connectivity index (χ3n) is 4.09. The van der Waals surface area contributed by atoms with Crippen molar-refractivity contribution in [3.05, 3.63) is 52.8 Å². The normalized spacial score (nSPS) is 14.0. The zero-order valence-corrected chi connectivity index (χ0v) is 15.3. The van der Waals surface area contributed by atoms with Gasteiger partial charge < -0.3 is 19.7 Å². The van der Waals surface area contributed by atoms with E-state index in [1.165, 1.54) is 16.8 Å². The summed E-state index contributed by atoms with van der Waals surface area (Å²) >= 11 is 0. The quantitative estimate of drug-likeness (QED) is 0.695. The van der Waals surface area contributed by atoms with Gasteiger partial charge in [0.1, 0.15) is 0 Å². The van der Waals surface area contributed by atoms with Gasteiger partial charge in [-0.15, -0.1) is 5.10 Å². The lowest BCUT2D eigenvalue weighted by Gasteiger charge is -2.26. The highest BCUT2D eigenvalue weighted by molar-refractivity contribution is 5.39. The minimum absolute atomic E-state index is 0.0894. The second-order valence-electron chi connectivity index (χ2n) is 5.95. The molecule has 1 aliphatic heterocycles. The van der Waals surface area contributed by atoms with Crippen LogP contribution in [-0.4, -0.2) is 58.1 Å². The highest BCUT2D eigenvalue weighted by atomic mass is 16.5. The van der Waals surface area contributed by atoms with Gasteiger partial charge in [-0.2, -0.15) is 19.6 Å². The van der Waals surface area contributed by atoms with Crippen molar-refractivity contribution in [1.29, 1.82) is 0 Å². The van der Waals surface area contributed by atoms with Crippen molar-refractivity contribution >= 4 is 11.9 Å². The van der Waals surface area contributed by atoms with Crippen LogP contribution in [0.25, 0.3) is 5.69 Å². The van der Waals surface area contributed by atoms with E-state index in [9.17, 15) is 4.79 Å². The van der Waals surface area contributed by atoms with E-state index in [-0.39, 0.29) is 17.4 Å². The van der Waals surface area contributed by atoms with Crippen molar-refractivity contribution in [2.75, 3.05) is 43.6 Å². The molecular weight excluding hydrogens is 362 g/mol. The number of nitrogens with zero attached hydrogens (tertiary/aromatic N) is 6. The minimum atomic E-state index is -0.265. The molecule has 1 N–H and O–H groups in total. The molecular formula is C18H19N7O3. The summed E-state index contributed by atoms with van der Waals surface area (Å²) in [4.78, 5) is 27.1. The lowest BCUT2D eigenvalue weighted by atomic mass is 10.3. The molecule has 0 radical (unpaired) electrons. The molecule has 1 aliphatic rings. The van der Waals surface area contributed by atoms with E-state index in [0.29, 0.717) is 43.9 Å². The average Bonchev–Trinajstić information content (AvgIpc) is 2.76. The number of morpholine rings is 1. The Labute approximate surface area is 160 Å². The SMILES string of the molecule is CNc1nc(Oc2ccc(=O)n(-c3ccccc3)n2)nc(N2CCOCC2)n1. The fraction of sp³-hybridized carbons (Fsp3) is 0.278. The molecule has 3 heterocycles. The molecule has 0 unspecified atom stereocenters. The van der Waals surface area contributed by atoms with E-state index in [1.54, 1.807) is 19.2 Å². The van der Waals surface area contributed by atoms with Gasteiger partial charge in [0.25, 0.3) is 5.56 Å². The first-order valence-corrected chi connectivity index (χ1v) is 8.83. The van der Waals surface area contributed by atoms with Gasteiger partial charge in [-0.3, -0.25) is 4.79 Å². The van der Waals surface area contributed by atoms with Crippen LogP contribution in [0.5, 0.6) is 11.9 Å². The smallest absolute Gasteiger partial charge is 0.330 e. The molecule has 0 aliphatic carbocycles. The first-order chi connectivity index (χ1) is 13.7. The Balaban J connectivity index is 1.64. The van der Waals surface area contributed by atoms with Gasteiger partial charge in [0.05, 0.1) is 18.9 Å². The Kier molecular flexibility index (Phi) is 5.11. The van der Waals surface area contributed by atoms with Crippen LogP contribution in [0.3, 0.4) is 0 Å². The van der Waals surface area contributed by atoms with E-state index in [0.717, 1.165) is 0 Å². The third-order valence-corrected chi connectivity index (χ3v) is 4.09. The summed E-state index contributed by atoms with van der Waals surface area (Å²) < 4.78 is 12.4. The fourth-order valence-electron chi connectivity index (χ4n) is 2.70. The van der Waals surface area contributed by atoms with E-state index >= 15 is 0 Å². The highest BCUT2D eigenvalue weighted by Gasteiger charge is 2.17. The molecule has 28 heavy (non-hydrogen) atoms. The molecule has 144 valence electrons. The second-order valence-corrected chi connectivity index (χ2v) is 5.95. The summed E-state index contributed by atoms with van der Waals surface area (Å²) in [5.41, 5.74) is 0.373.